The van der Waals surface area contributed by atoms with E-state index in [1.165, 1.54) is 18.2 Å². The molecule has 2 aromatic carbocycles. The number of aromatic amines is 1. The van der Waals surface area contributed by atoms with Crippen LogP contribution in [0.5, 0.6) is 0 Å². The van der Waals surface area contributed by atoms with E-state index in [4.69, 9.17) is 11.6 Å². The van der Waals surface area contributed by atoms with Gasteiger partial charge in [0.25, 0.3) is 11.6 Å². The molecule has 0 bridgehead atoms. The number of carbonyl (C=O) groups is 1. The number of nitriles is 1. The van der Waals surface area contributed by atoms with E-state index >= 15 is 0 Å². The fraction of sp³-hybridized carbons (Fsp3) is 0. The van der Waals surface area contributed by atoms with Crippen LogP contribution >= 0.6 is 11.6 Å². The van der Waals surface area contributed by atoms with Gasteiger partial charge >= 0.3 is 0 Å². The van der Waals surface area contributed by atoms with Crippen molar-refractivity contribution in [3.8, 4) is 6.07 Å². The number of aromatic nitrogens is 1. The number of hydrogen-bond acceptors (Lipinski definition) is 4. The summed E-state index contributed by atoms with van der Waals surface area (Å²) in [7, 11) is 0. The molecule has 0 saturated heterocycles. The van der Waals surface area contributed by atoms with E-state index in [9.17, 15) is 20.2 Å². The summed E-state index contributed by atoms with van der Waals surface area (Å²) in [5.74, 6) is -0.659. The highest BCUT2D eigenvalue weighted by Gasteiger charge is 2.15. The largest absolute Gasteiger partial charge is 0.361 e. The highest BCUT2D eigenvalue weighted by molar-refractivity contribution is 6.34. The van der Waals surface area contributed by atoms with Crippen molar-refractivity contribution >= 4 is 45.9 Å². The molecule has 0 saturated carbocycles. The lowest BCUT2D eigenvalue weighted by atomic mass is 10.1. The molecule has 2 N–H and O–H groups in total. The Labute approximate surface area is 152 Å². The van der Waals surface area contributed by atoms with Gasteiger partial charge in [0.05, 0.1) is 15.6 Å². The normalized spacial score (nSPS) is 11.2. The number of benzene rings is 2. The molecule has 0 atom stereocenters. The molecule has 0 aliphatic rings. The maximum Gasteiger partial charge on any atom is 0.271 e. The number of nitro benzene ring substituents is 1. The van der Waals surface area contributed by atoms with Gasteiger partial charge in [-0.25, -0.2) is 0 Å². The highest BCUT2D eigenvalue weighted by atomic mass is 35.5. The summed E-state index contributed by atoms with van der Waals surface area (Å²) < 4.78 is 0. The molecule has 26 heavy (non-hydrogen) atoms. The van der Waals surface area contributed by atoms with Crippen LogP contribution in [0.3, 0.4) is 0 Å². The molecule has 0 fully saturated rings. The van der Waals surface area contributed by atoms with Gasteiger partial charge in [-0.05, 0) is 18.2 Å². The molecule has 128 valence electrons. The van der Waals surface area contributed by atoms with Crippen molar-refractivity contribution in [1.29, 1.82) is 5.26 Å². The van der Waals surface area contributed by atoms with Gasteiger partial charge in [-0.1, -0.05) is 29.8 Å². The lowest BCUT2D eigenvalue weighted by Gasteiger charge is -2.06. The van der Waals surface area contributed by atoms with Crippen molar-refractivity contribution in [1.82, 2.24) is 4.98 Å². The second-order valence-corrected chi connectivity index (χ2v) is 5.74. The summed E-state index contributed by atoms with van der Waals surface area (Å²) in [5.41, 5.74) is 1.45. The fourth-order valence-electron chi connectivity index (χ4n) is 2.43. The number of nitrogens with zero attached hydrogens (tertiary/aromatic N) is 2. The number of fused-ring (bicyclic) bond motifs is 1. The summed E-state index contributed by atoms with van der Waals surface area (Å²) in [6.07, 6.45) is 3.17. The summed E-state index contributed by atoms with van der Waals surface area (Å²) in [6, 6.07) is 13.0. The van der Waals surface area contributed by atoms with E-state index in [-0.39, 0.29) is 22.0 Å². The Hall–Kier alpha value is -3.63. The number of hydrogen-bond donors (Lipinski definition) is 2. The van der Waals surface area contributed by atoms with Crippen LogP contribution in [0.15, 0.2) is 54.2 Å². The third-order valence-electron chi connectivity index (χ3n) is 3.70. The van der Waals surface area contributed by atoms with Gasteiger partial charge in [-0.15, -0.1) is 0 Å². The van der Waals surface area contributed by atoms with Gasteiger partial charge in [0.15, 0.2) is 0 Å². The van der Waals surface area contributed by atoms with Crippen LogP contribution in [0.2, 0.25) is 5.02 Å². The molecule has 0 aliphatic heterocycles. The molecule has 0 unspecified atom stereocenters. The van der Waals surface area contributed by atoms with Gasteiger partial charge in [-0.3, -0.25) is 14.9 Å². The molecule has 0 radical (unpaired) electrons. The number of nitro groups is 1. The van der Waals surface area contributed by atoms with Crippen LogP contribution in [0.25, 0.3) is 17.0 Å². The van der Waals surface area contributed by atoms with E-state index in [0.717, 1.165) is 17.0 Å². The minimum Gasteiger partial charge on any atom is -0.361 e. The van der Waals surface area contributed by atoms with Crippen LogP contribution in [0.4, 0.5) is 11.4 Å². The lowest BCUT2D eigenvalue weighted by Crippen LogP contribution is -2.13. The monoisotopic (exact) mass is 366 g/mol. The number of anilines is 1. The van der Waals surface area contributed by atoms with Crippen molar-refractivity contribution in [2.75, 3.05) is 5.32 Å². The molecule has 3 rings (SSSR count). The molecule has 3 aromatic rings. The zero-order valence-electron chi connectivity index (χ0n) is 13.2. The van der Waals surface area contributed by atoms with Gasteiger partial charge in [0.1, 0.15) is 11.6 Å². The third-order valence-corrected chi connectivity index (χ3v) is 4.01. The smallest absolute Gasteiger partial charge is 0.271 e. The molecule has 8 heteroatoms. The SMILES string of the molecule is N#C/C(=C/c1c[nH]c2ccccc12)C(=O)Nc1ccc([N+](=O)[O-])cc1Cl. The van der Waals surface area contributed by atoms with Crippen molar-refractivity contribution in [3.05, 3.63) is 74.9 Å². The first-order valence-electron chi connectivity index (χ1n) is 7.43. The molecule has 1 heterocycles. The minimum atomic E-state index is -0.659. The number of halogens is 1. The van der Waals surface area contributed by atoms with Gasteiger partial charge in [0.2, 0.25) is 0 Å². The van der Waals surface area contributed by atoms with Crippen molar-refractivity contribution in [2.45, 2.75) is 0 Å². The average Bonchev–Trinajstić information content (AvgIpc) is 3.04. The predicted octanol–water partition coefficient (Wildman–Crippen LogP) is 4.28. The standard InChI is InChI=1S/C18H11ClN4O3/c19-15-8-13(23(25)26)5-6-17(15)22-18(24)11(9-20)7-12-10-21-16-4-2-1-3-14(12)16/h1-8,10,21H,(H,22,24)/b11-7-. The Morgan fingerprint density at radius 3 is 2.77 bits per heavy atom. The van der Waals surface area contributed by atoms with Gasteiger partial charge in [-0.2, -0.15) is 5.26 Å². The van der Waals surface area contributed by atoms with Crippen LogP contribution < -0.4 is 5.32 Å². The Morgan fingerprint density at radius 2 is 2.08 bits per heavy atom. The second-order valence-electron chi connectivity index (χ2n) is 5.33. The summed E-state index contributed by atoms with van der Waals surface area (Å²) in [5, 5.41) is 23.4. The number of H-pyrrole nitrogens is 1. The fourth-order valence-corrected chi connectivity index (χ4v) is 2.65. The van der Waals surface area contributed by atoms with E-state index in [2.05, 4.69) is 10.3 Å². The summed E-state index contributed by atoms with van der Waals surface area (Å²) in [4.78, 5) is 25.6. The van der Waals surface area contributed by atoms with E-state index in [0.29, 0.717) is 5.56 Å². The number of nitrogens with one attached hydrogen (secondary N) is 2. The molecule has 1 aromatic heterocycles. The topological polar surface area (TPSA) is 112 Å². The Bertz CT molecular complexity index is 1100. The Balaban J connectivity index is 1.88. The van der Waals surface area contributed by atoms with Crippen LogP contribution in [-0.4, -0.2) is 15.8 Å². The molecule has 0 aliphatic carbocycles. The number of non-ortho nitro benzene ring substituents is 1. The Kier molecular flexibility index (Phi) is 4.69. The van der Waals surface area contributed by atoms with Gasteiger partial charge < -0.3 is 10.3 Å². The average molecular weight is 367 g/mol. The number of para-hydroxylation sites is 1. The molecule has 7 nitrogen and oxygen atoms in total. The van der Waals surface area contributed by atoms with Crippen molar-refractivity contribution in [3.63, 3.8) is 0 Å². The third kappa shape index (κ3) is 3.41. The number of carbonyl (C=O) groups excluding carboxylic acids is 1. The molecule has 1 amide bonds. The molecule has 0 spiro atoms. The van der Waals surface area contributed by atoms with Gasteiger partial charge in [0, 0.05) is 34.8 Å². The summed E-state index contributed by atoms with van der Waals surface area (Å²) >= 11 is 5.96. The van der Waals surface area contributed by atoms with Crippen LogP contribution in [0, 0.1) is 21.4 Å². The predicted molar refractivity (Wildman–Crippen MR) is 98.6 cm³/mol. The maximum atomic E-state index is 12.4. The van der Waals surface area contributed by atoms with Crippen molar-refractivity contribution < 1.29 is 9.72 Å². The molecular formula is C18H11ClN4O3. The number of rotatable bonds is 4. The zero-order valence-corrected chi connectivity index (χ0v) is 13.9. The first kappa shape index (κ1) is 17.2. The zero-order chi connectivity index (χ0) is 18.7. The first-order chi connectivity index (χ1) is 12.5. The number of amides is 1. The lowest BCUT2D eigenvalue weighted by molar-refractivity contribution is -0.384. The van der Waals surface area contributed by atoms with Crippen molar-refractivity contribution in [2.24, 2.45) is 0 Å². The Morgan fingerprint density at radius 1 is 1.31 bits per heavy atom. The van der Waals surface area contributed by atoms with Crippen LogP contribution in [0.1, 0.15) is 5.56 Å². The second kappa shape index (κ2) is 7.09. The van der Waals surface area contributed by atoms with E-state index < -0.39 is 10.8 Å². The van der Waals surface area contributed by atoms with Crippen LogP contribution in [-0.2, 0) is 4.79 Å². The summed E-state index contributed by atoms with van der Waals surface area (Å²) in [6.45, 7) is 0. The van der Waals surface area contributed by atoms with E-state index in [1.54, 1.807) is 6.20 Å². The first-order valence-corrected chi connectivity index (χ1v) is 7.80. The highest BCUT2D eigenvalue weighted by Crippen LogP contribution is 2.27. The van der Waals surface area contributed by atoms with E-state index in [1.807, 2.05) is 30.3 Å². The minimum absolute atomic E-state index is 0.0111. The quantitative estimate of drug-likeness (QED) is 0.310. The maximum absolute atomic E-state index is 12.4. The molecular weight excluding hydrogens is 356 g/mol.